The Labute approximate surface area is 121 Å². The van der Waals surface area contributed by atoms with Gasteiger partial charge in [0.1, 0.15) is 11.6 Å². The highest BCUT2D eigenvalue weighted by Crippen LogP contribution is 2.43. The third-order valence-corrected chi connectivity index (χ3v) is 3.86. The molecule has 0 radical (unpaired) electrons. The molecule has 1 saturated carbocycles. The van der Waals surface area contributed by atoms with Crippen LogP contribution < -0.4 is 0 Å². The normalized spacial score (nSPS) is 14.3. The molecule has 0 amide bonds. The number of H-pyrrole nitrogens is 1. The molecule has 0 atom stereocenters. The van der Waals surface area contributed by atoms with Gasteiger partial charge in [-0.3, -0.25) is 4.98 Å². The molecular weight excluding hydrogens is 265 g/mol. The van der Waals surface area contributed by atoms with Gasteiger partial charge >= 0.3 is 0 Å². The van der Waals surface area contributed by atoms with Gasteiger partial charge in [-0.2, -0.15) is 0 Å². The zero-order valence-corrected chi connectivity index (χ0v) is 11.4. The molecule has 3 nitrogen and oxygen atoms in total. The van der Waals surface area contributed by atoms with Crippen LogP contribution in [-0.4, -0.2) is 15.0 Å². The van der Waals surface area contributed by atoms with E-state index in [1.54, 1.807) is 18.3 Å². The van der Waals surface area contributed by atoms with Gasteiger partial charge in [-0.15, -0.1) is 0 Å². The van der Waals surface area contributed by atoms with Crippen molar-refractivity contribution >= 4 is 0 Å². The van der Waals surface area contributed by atoms with E-state index in [2.05, 4.69) is 21.0 Å². The summed E-state index contributed by atoms with van der Waals surface area (Å²) in [5.74, 6) is 1.23. The van der Waals surface area contributed by atoms with Gasteiger partial charge in [0.2, 0.25) is 0 Å². The van der Waals surface area contributed by atoms with Crippen molar-refractivity contribution in [3.8, 4) is 22.6 Å². The van der Waals surface area contributed by atoms with E-state index < -0.39 is 0 Å². The number of hydrogen-bond donors (Lipinski definition) is 1. The van der Waals surface area contributed by atoms with Gasteiger partial charge in [0.25, 0.3) is 0 Å². The van der Waals surface area contributed by atoms with Crippen molar-refractivity contribution in [2.75, 3.05) is 0 Å². The van der Waals surface area contributed by atoms with E-state index in [1.165, 1.54) is 30.5 Å². The van der Waals surface area contributed by atoms with E-state index in [4.69, 9.17) is 0 Å². The Morgan fingerprint density at radius 1 is 1.05 bits per heavy atom. The number of aromatic nitrogens is 3. The zero-order chi connectivity index (χ0) is 14.2. The lowest BCUT2D eigenvalue weighted by Crippen LogP contribution is -1.90. The van der Waals surface area contributed by atoms with Crippen LogP contribution in [0.2, 0.25) is 0 Å². The Kier molecular flexibility index (Phi) is 2.81. The Balaban J connectivity index is 1.73. The predicted octanol–water partition coefficient (Wildman–Crippen LogP) is 4.16. The number of nitrogens with one attached hydrogen (secondary N) is 1. The number of halogens is 1. The first-order valence-electron chi connectivity index (χ1n) is 7.06. The second-order valence-electron chi connectivity index (χ2n) is 5.39. The van der Waals surface area contributed by atoms with Gasteiger partial charge in [-0.25, -0.2) is 9.37 Å². The summed E-state index contributed by atoms with van der Waals surface area (Å²) >= 11 is 0. The molecule has 0 aliphatic heterocycles. The molecule has 1 aromatic carbocycles. The molecule has 1 fully saturated rings. The number of benzene rings is 1. The van der Waals surface area contributed by atoms with Crippen molar-refractivity contribution in [1.29, 1.82) is 0 Å². The Morgan fingerprint density at radius 3 is 2.62 bits per heavy atom. The van der Waals surface area contributed by atoms with Crippen LogP contribution >= 0.6 is 0 Å². The van der Waals surface area contributed by atoms with Crippen LogP contribution in [0, 0.1) is 5.82 Å². The summed E-state index contributed by atoms with van der Waals surface area (Å²) in [6.45, 7) is 0. The van der Waals surface area contributed by atoms with Crippen molar-refractivity contribution < 1.29 is 4.39 Å². The average molecular weight is 279 g/mol. The van der Waals surface area contributed by atoms with Crippen LogP contribution in [0.5, 0.6) is 0 Å². The fourth-order valence-corrected chi connectivity index (χ4v) is 2.59. The molecule has 1 aliphatic carbocycles. The van der Waals surface area contributed by atoms with Crippen molar-refractivity contribution in [3.63, 3.8) is 0 Å². The maximum absolute atomic E-state index is 13.0. The van der Waals surface area contributed by atoms with Gasteiger partial charge in [-0.05, 0) is 60.2 Å². The minimum absolute atomic E-state index is 0.234. The van der Waals surface area contributed by atoms with Gasteiger partial charge in [-0.1, -0.05) is 0 Å². The summed E-state index contributed by atoms with van der Waals surface area (Å²) < 4.78 is 13.0. The monoisotopic (exact) mass is 279 g/mol. The van der Waals surface area contributed by atoms with Crippen molar-refractivity contribution in [2.45, 2.75) is 18.8 Å². The van der Waals surface area contributed by atoms with Crippen LogP contribution in [0.3, 0.4) is 0 Å². The fraction of sp³-hybridized carbons (Fsp3) is 0.176. The molecule has 2 aromatic heterocycles. The topological polar surface area (TPSA) is 41.6 Å². The van der Waals surface area contributed by atoms with E-state index in [9.17, 15) is 4.39 Å². The fourth-order valence-electron chi connectivity index (χ4n) is 2.59. The summed E-state index contributed by atoms with van der Waals surface area (Å²) in [5, 5.41) is 0. The lowest BCUT2D eigenvalue weighted by Gasteiger charge is -2.04. The summed E-state index contributed by atoms with van der Waals surface area (Å²) in [6, 6.07) is 8.48. The molecule has 104 valence electrons. The zero-order valence-electron chi connectivity index (χ0n) is 11.4. The maximum Gasteiger partial charge on any atom is 0.139 e. The highest BCUT2D eigenvalue weighted by Gasteiger charge is 2.27. The summed E-state index contributed by atoms with van der Waals surface area (Å²) in [6.07, 6.45) is 7.96. The minimum Gasteiger partial charge on any atom is -0.338 e. The molecule has 4 rings (SSSR count). The standard InChI is InChI=1S/C17H14FN3/c18-13-5-3-12(4-6-13)16-10-20-17(21-16)15-9-19-8-7-14(15)11-1-2-11/h3-11H,1-2H2,(H,20,21). The van der Waals surface area contributed by atoms with E-state index in [0.717, 1.165) is 22.6 Å². The number of rotatable bonds is 3. The lowest BCUT2D eigenvalue weighted by molar-refractivity contribution is 0.628. The van der Waals surface area contributed by atoms with Crippen LogP contribution in [0.4, 0.5) is 4.39 Å². The van der Waals surface area contributed by atoms with Gasteiger partial charge in [0.05, 0.1) is 11.9 Å². The van der Waals surface area contributed by atoms with Crippen LogP contribution in [-0.2, 0) is 0 Å². The molecule has 21 heavy (non-hydrogen) atoms. The molecule has 3 aromatic rings. The van der Waals surface area contributed by atoms with Crippen molar-refractivity contribution in [3.05, 3.63) is 60.3 Å². The largest absolute Gasteiger partial charge is 0.338 e. The van der Waals surface area contributed by atoms with Gasteiger partial charge < -0.3 is 4.98 Å². The van der Waals surface area contributed by atoms with Crippen LogP contribution in [0.1, 0.15) is 24.3 Å². The van der Waals surface area contributed by atoms with E-state index in [1.807, 2.05) is 12.4 Å². The molecule has 4 heteroatoms. The SMILES string of the molecule is Fc1ccc(-c2cnc(-c3cnccc3C3CC3)[nH]2)cc1. The summed E-state index contributed by atoms with van der Waals surface area (Å²) in [7, 11) is 0. The van der Waals surface area contributed by atoms with E-state index in [-0.39, 0.29) is 5.82 Å². The number of pyridine rings is 1. The smallest absolute Gasteiger partial charge is 0.139 e. The third kappa shape index (κ3) is 2.33. The first-order valence-corrected chi connectivity index (χ1v) is 7.06. The minimum atomic E-state index is -0.234. The highest BCUT2D eigenvalue weighted by atomic mass is 19.1. The number of hydrogen-bond acceptors (Lipinski definition) is 2. The molecule has 0 spiro atoms. The lowest BCUT2D eigenvalue weighted by atomic mass is 10.1. The van der Waals surface area contributed by atoms with Gasteiger partial charge in [0.15, 0.2) is 0 Å². The first-order chi connectivity index (χ1) is 10.3. The molecule has 0 bridgehead atoms. The van der Waals surface area contributed by atoms with Gasteiger partial charge in [0, 0.05) is 18.0 Å². The molecule has 1 N–H and O–H groups in total. The third-order valence-electron chi connectivity index (χ3n) is 3.86. The molecule has 0 unspecified atom stereocenters. The quantitative estimate of drug-likeness (QED) is 0.782. The Hall–Kier alpha value is -2.49. The number of nitrogens with zero attached hydrogens (tertiary/aromatic N) is 2. The van der Waals surface area contributed by atoms with Crippen LogP contribution in [0.25, 0.3) is 22.6 Å². The predicted molar refractivity (Wildman–Crippen MR) is 79.2 cm³/mol. The van der Waals surface area contributed by atoms with Crippen molar-refractivity contribution in [2.24, 2.45) is 0 Å². The average Bonchev–Trinajstić information content (AvgIpc) is 3.25. The molecule has 1 aliphatic rings. The highest BCUT2D eigenvalue weighted by molar-refractivity contribution is 5.66. The second kappa shape index (κ2) is 4.81. The maximum atomic E-state index is 13.0. The molecule has 0 saturated heterocycles. The number of aromatic amines is 1. The molecular formula is C17H14FN3. The summed E-state index contributed by atoms with van der Waals surface area (Å²) in [4.78, 5) is 12.0. The first kappa shape index (κ1) is 12.3. The van der Waals surface area contributed by atoms with E-state index >= 15 is 0 Å². The Bertz CT molecular complexity index is 773. The van der Waals surface area contributed by atoms with Crippen LogP contribution in [0.15, 0.2) is 48.9 Å². The molecule has 2 heterocycles. The number of imidazole rings is 1. The van der Waals surface area contributed by atoms with E-state index in [0.29, 0.717) is 5.92 Å². The summed E-state index contributed by atoms with van der Waals surface area (Å²) in [5.41, 5.74) is 4.18. The van der Waals surface area contributed by atoms with Crippen molar-refractivity contribution in [1.82, 2.24) is 15.0 Å². The second-order valence-corrected chi connectivity index (χ2v) is 5.39. The Morgan fingerprint density at radius 2 is 1.86 bits per heavy atom.